The van der Waals surface area contributed by atoms with Crippen LogP contribution >= 0.6 is 0 Å². The van der Waals surface area contributed by atoms with Crippen LogP contribution in [0.3, 0.4) is 0 Å². The first kappa shape index (κ1) is 13.8. The summed E-state index contributed by atoms with van der Waals surface area (Å²) in [5.74, 6) is -0.0954. The van der Waals surface area contributed by atoms with Crippen LogP contribution in [-0.4, -0.2) is 43.7 Å². The zero-order valence-corrected chi connectivity index (χ0v) is 11.4. The molecule has 1 aromatic heterocycles. The number of anilines is 1. The number of hydrogen-bond acceptors (Lipinski definition) is 4. The van der Waals surface area contributed by atoms with Crippen molar-refractivity contribution in [1.82, 2.24) is 10.3 Å². The summed E-state index contributed by atoms with van der Waals surface area (Å²) in [5, 5.41) is 2.86. The fraction of sp³-hybridized carbons (Fsp3) is 0.571. The minimum Gasteiger partial charge on any atom is -0.378 e. The molecule has 0 spiro atoms. The Bertz CT molecular complexity index is 400. The molecule has 1 aliphatic rings. The summed E-state index contributed by atoms with van der Waals surface area (Å²) in [6.45, 7) is 6.07. The van der Waals surface area contributed by atoms with Gasteiger partial charge in [0.05, 0.1) is 25.1 Å². The number of amides is 1. The number of carbonyl (C=O) groups is 1. The fourth-order valence-corrected chi connectivity index (χ4v) is 2.00. The first-order valence-electron chi connectivity index (χ1n) is 6.88. The molecule has 1 amide bonds. The minimum absolute atomic E-state index is 0.0954. The molecule has 2 rings (SSSR count). The molecule has 0 saturated carbocycles. The molecule has 5 heteroatoms. The lowest BCUT2D eigenvalue weighted by Gasteiger charge is -2.28. The Morgan fingerprint density at radius 3 is 2.84 bits per heavy atom. The van der Waals surface area contributed by atoms with Crippen LogP contribution in [0.25, 0.3) is 0 Å². The van der Waals surface area contributed by atoms with E-state index in [1.807, 2.05) is 6.07 Å². The second-order valence-electron chi connectivity index (χ2n) is 4.61. The Morgan fingerprint density at radius 2 is 2.21 bits per heavy atom. The number of aromatic nitrogens is 1. The van der Waals surface area contributed by atoms with Gasteiger partial charge in [-0.2, -0.15) is 0 Å². The van der Waals surface area contributed by atoms with Crippen molar-refractivity contribution in [3.05, 3.63) is 24.0 Å². The van der Waals surface area contributed by atoms with Crippen LogP contribution in [-0.2, 0) is 4.74 Å². The van der Waals surface area contributed by atoms with Crippen LogP contribution < -0.4 is 10.2 Å². The Labute approximate surface area is 114 Å². The smallest absolute Gasteiger partial charge is 0.269 e. The van der Waals surface area contributed by atoms with Gasteiger partial charge in [-0.3, -0.25) is 4.79 Å². The first-order chi connectivity index (χ1) is 9.31. The lowest BCUT2D eigenvalue weighted by molar-refractivity contribution is 0.0948. The van der Waals surface area contributed by atoms with E-state index in [0.29, 0.717) is 12.2 Å². The average molecular weight is 263 g/mol. The van der Waals surface area contributed by atoms with Gasteiger partial charge in [-0.15, -0.1) is 0 Å². The van der Waals surface area contributed by atoms with E-state index in [-0.39, 0.29) is 5.91 Å². The van der Waals surface area contributed by atoms with Gasteiger partial charge < -0.3 is 15.0 Å². The summed E-state index contributed by atoms with van der Waals surface area (Å²) in [6, 6.07) is 3.74. The summed E-state index contributed by atoms with van der Waals surface area (Å²) in [5.41, 5.74) is 1.53. The lowest BCUT2D eigenvalue weighted by atomic mass is 10.2. The van der Waals surface area contributed by atoms with E-state index < -0.39 is 0 Å². The Balaban J connectivity index is 1.91. The molecule has 104 valence electrons. The van der Waals surface area contributed by atoms with Gasteiger partial charge in [0, 0.05) is 19.6 Å². The van der Waals surface area contributed by atoms with Crippen molar-refractivity contribution in [3.8, 4) is 0 Å². The van der Waals surface area contributed by atoms with Gasteiger partial charge in [0.1, 0.15) is 5.69 Å². The molecule has 0 unspecified atom stereocenters. The van der Waals surface area contributed by atoms with Gasteiger partial charge in [-0.05, 0) is 18.6 Å². The van der Waals surface area contributed by atoms with Gasteiger partial charge in [-0.1, -0.05) is 13.3 Å². The number of rotatable bonds is 5. The normalized spacial score (nSPS) is 15.3. The predicted molar refractivity (Wildman–Crippen MR) is 74.5 cm³/mol. The number of nitrogens with zero attached hydrogens (tertiary/aromatic N) is 2. The quantitative estimate of drug-likeness (QED) is 0.817. The van der Waals surface area contributed by atoms with Crippen molar-refractivity contribution in [2.75, 3.05) is 37.7 Å². The molecule has 1 saturated heterocycles. The zero-order chi connectivity index (χ0) is 13.5. The molecule has 1 aromatic rings. The van der Waals surface area contributed by atoms with Gasteiger partial charge >= 0.3 is 0 Å². The van der Waals surface area contributed by atoms with Gasteiger partial charge in [0.2, 0.25) is 0 Å². The second kappa shape index (κ2) is 7.09. The van der Waals surface area contributed by atoms with E-state index in [0.717, 1.165) is 44.8 Å². The van der Waals surface area contributed by atoms with Crippen molar-refractivity contribution >= 4 is 11.6 Å². The summed E-state index contributed by atoms with van der Waals surface area (Å²) < 4.78 is 5.31. The number of unbranched alkanes of at least 4 members (excludes halogenated alkanes) is 1. The van der Waals surface area contributed by atoms with Crippen LogP contribution in [0.5, 0.6) is 0 Å². The fourth-order valence-electron chi connectivity index (χ4n) is 2.00. The number of ether oxygens (including phenoxy) is 1. The molecule has 5 nitrogen and oxygen atoms in total. The van der Waals surface area contributed by atoms with Crippen molar-refractivity contribution in [2.24, 2.45) is 0 Å². The molecule has 1 fully saturated rings. The number of nitrogens with one attached hydrogen (secondary N) is 1. The van der Waals surface area contributed by atoms with Crippen LogP contribution in [0.4, 0.5) is 5.69 Å². The Hall–Kier alpha value is -1.62. The monoisotopic (exact) mass is 263 g/mol. The minimum atomic E-state index is -0.0954. The molecule has 2 heterocycles. The summed E-state index contributed by atoms with van der Waals surface area (Å²) in [4.78, 5) is 18.3. The highest BCUT2D eigenvalue weighted by Crippen LogP contribution is 2.14. The molecule has 1 aliphatic heterocycles. The van der Waals surface area contributed by atoms with Crippen LogP contribution in [0.2, 0.25) is 0 Å². The second-order valence-corrected chi connectivity index (χ2v) is 4.61. The summed E-state index contributed by atoms with van der Waals surface area (Å²) >= 11 is 0. The highest BCUT2D eigenvalue weighted by Gasteiger charge is 2.12. The number of hydrogen-bond donors (Lipinski definition) is 1. The molecular formula is C14H21N3O2. The van der Waals surface area contributed by atoms with Crippen LogP contribution in [0, 0.1) is 0 Å². The van der Waals surface area contributed by atoms with Gasteiger partial charge in [0.25, 0.3) is 5.91 Å². The van der Waals surface area contributed by atoms with E-state index in [2.05, 4.69) is 22.1 Å². The van der Waals surface area contributed by atoms with Crippen molar-refractivity contribution in [1.29, 1.82) is 0 Å². The SMILES string of the molecule is CCCCNC(=O)c1ccc(N2CCOCC2)cn1. The lowest BCUT2D eigenvalue weighted by Crippen LogP contribution is -2.36. The molecule has 1 N–H and O–H groups in total. The molecular weight excluding hydrogens is 242 g/mol. The average Bonchev–Trinajstić information content (AvgIpc) is 2.48. The maximum atomic E-state index is 11.8. The number of morpholine rings is 1. The largest absolute Gasteiger partial charge is 0.378 e. The predicted octanol–water partition coefficient (Wildman–Crippen LogP) is 1.45. The van der Waals surface area contributed by atoms with Crippen molar-refractivity contribution in [2.45, 2.75) is 19.8 Å². The van der Waals surface area contributed by atoms with Gasteiger partial charge in [0.15, 0.2) is 0 Å². The zero-order valence-electron chi connectivity index (χ0n) is 11.4. The molecule has 0 bridgehead atoms. The Kier molecular flexibility index (Phi) is 5.15. The highest BCUT2D eigenvalue weighted by molar-refractivity contribution is 5.92. The summed E-state index contributed by atoms with van der Waals surface area (Å²) in [6.07, 6.45) is 3.83. The van der Waals surface area contributed by atoms with E-state index in [1.165, 1.54) is 0 Å². The third-order valence-corrected chi connectivity index (χ3v) is 3.17. The van der Waals surface area contributed by atoms with E-state index in [1.54, 1.807) is 12.3 Å². The summed E-state index contributed by atoms with van der Waals surface area (Å²) in [7, 11) is 0. The number of pyridine rings is 1. The third kappa shape index (κ3) is 3.92. The van der Waals surface area contributed by atoms with Crippen LogP contribution in [0.15, 0.2) is 18.3 Å². The highest BCUT2D eigenvalue weighted by atomic mass is 16.5. The van der Waals surface area contributed by atoms with Crippen LogP contribution in [0.1, 0.15) is 30.3 Å². The van der Waals surface area contributed by atoms with E-state index >= 15 is 0 Å². The van der Waals surface area contributed by atoms with Crippen molar-refractivity contribution in [3.63, 3.8) is 0 Å². The molecule has 0 aromatic carbocycles. The maximum absolute atomic E-state index is 11.8. The topological polar surface area (TPSA) is 54.5 Å². The molecule has 19 heavy (non-hydrogen) atoms. The van der Waals surface area contributed by atoms with Crippen molar-refractivity contribution < 1.29 is 9.53 Å². The standard InChI is InChI=1S/C14H21N3O2/c1-2-3-6-15-14(18)13-5-4-12(11-16-13)17-7-9-19-10-8-17/h4-5,11H,2-3,6-10H2,1H3,(H,15,18). The molecule has 0 radical (unpaired) electrons. The first-order valence-corrected chi connectivity index (χ1v) is 6.88. The number of carbonyl (C=O) groups excluding carboxylic acids is 1. The molecule has 0 atom stereocenters. The Morgan fingerprint density at radius 1 is 1.42 bits per heavy atom. The van der Waals surface area contributed by atoms with E-state index in [9.17, 15) is 4.79 Å². The maximum Gasteiger partial charge on any atom is 0.269 e. The van der Waals surface area contributed by atoms with Gasteiger partial charge in [-0.25, -0.2) is 4.98 Å². The van der Waals surface area contributed by atoms with E-state index in [4.69, 9.17) is 4.74 Å². The molecule has 0 aliphatic carbocycles. The third-order valence-electron chi connectivity index (χ3n) is 3.17.